The number of aryl methyl sites for hydroxylation is 1. The molecule has 1 aromatic rings. The van der Waals surface area contributed by atoms with Gasteiger partial charge in [0.05, 0.1) is 6.07 Å². The summed E-state index contributed by atoms with van der Waals surface area (Å²) in [4.78, 5) is 21.9. The lowest BCUT2D eigenvalue weighted by Gasteiger charge is -2.00. The molecule has 0 saturated carbocycles. The minimum Gasteiger partial charge on any atom is -0.268 e. The number of hydrogen-bond acceptors (Lipinski definition) is 3. The zero-order valence-electron chi connectivity index (χ0n) is 6.99. The first-order valence-electron chi connectivity index (χ1n) is 3.91. The second-order valence-electron chi connectivity index (χ2n) is 2.56. The highest BCUT2D eigenvalue weighted by atomic mass is 16.1. The molecule has 1 N–H and O–H groups in total. The second kappa shape index (κ2) is 4.26. The largest absolute Gasteiger partial charge is 0.268 e. The zero-order chi connectivity index (χ0) is 9.68. The predicted molar refractivity (Wildman–Crippen MR) is 46.2 cm³/mol. The van der Waals surface area contributed by atoms with Crippen LogP contribution in [0, 0.1) is 11.3 Å². The van der Waals surface area contributed by atoms with Crippen LogP contribution in [0.5, 0.6) is 0 Å². The average molecular weight is 179 g/mol. The number of aromatic amines is 1. The molecule has 1 rings (SSSR count). The molecule has 0 amide bonds. The molecule has 0 atom stereocenters. The number of nitrogens with one attached hydrogen (secondary N) is 1. The summed E-state index contributed by atoms with van der Waals surface area (Å²) in [6.45, 7) is 0.377. The molecule has 0 saturated heterocycles. The van der Waals surface area contributed by atoms with Crippen molar-refractivity contribution in [1.82, 2.24) is 9.78 Å². The van der Waals surface area contributed by atoms with Crippen molar-refractivity contribution in [2.24, 2.45) is 0 Å². The molecule has 0 spiro atoms. The highest BCUT2D eigenvalue weighted by Crippen LogP contribution is 1.87. The Morgan fingerprint density at radius 2 is 2.23 bits per heavy atom. The van der Waals surface area contributed by atoms with Crippen LogP contribution < -0.4 is 11.1 Å². The van der Waals surface area contributed by atoms with E-state index in [1.807, 2.05) is 6.07 Å². The van der Waals surface area contributed by atoms with E-state index < -0.39 is 0 Å². The van der Waals surface area contributed by atoms with Crippen LogP contribution in [0.4, 0.5) is 0 Å². The molecule has 0 aromatic carbocycles. The van der Waals surface area contributed by atoms with E-state index >= 15 is 0 Å². The summed E-state index contributed by atoms with van der Waals surface area (Å²) in [5.74, 6) is 0. The Kier molecular flexibility index (Phi) is 3.03. The molecule has 0 aliphatic heterocycles. The highest BCUT2D eigenvalue weighted by Gasteiger charge is 1.94. The summed E-state index contributed by atoms with van der Waals surface area (Å²) in [5, 5.41) is 10.6. The van der Waals surface area contributed by atoms with E-state index in [-0.39, 0.29) is 11.1 Å². The van der Waals surface area contributed by atoms with Gasteiger partial charge in [-0.1, -0.05) is 0 Å². The van der Waals surface area contributed by atoms with E-state index in [4.69, 9.17) is 5.26 Å². The molecule has 0 bridgehead atoms. The number of aromatic nitrogens is 2. The fourth-order valence-corrected chi connectivity index (χ4v) is 0.945. The van der Waals surface area contributed by atoms with Crippen molar-refractivity contribution < 1.29 is 0 Å². The maximum Gasteiger partial charge on any atom is 0.265 e. The minimum atomic E-state index is -0.309. The molecular formula is C8H9N3O2. The molecule has 0 aliphatic rings. The molecule has 68 valence electrons. The fraction of sp³-hybridized carbons (Fsp3) is 0.375. The van der Waals surface area contributed by atoms with Crippen molar-refractivity contribution in [1.29, 1.82) is 5.26 Å². The third-order valence-corrected chi connectivity index (χ3v) is 1.56. The second-order valence-corrected chi connectivity index (χ2v) is 2.56. The van der Waals surface area contributed by atoms with Crippen LogP contribution in [-0.4, -0.2) is 9.78 Å². The molecule has 13 heavy (non-hydrogen) atoms. The first-order valence-corrected chi connectivity index (χ1v) is 3.91. The summed E-state index contributed by atoms with van der Waals surface area (Å²) >= 11 is 0. The van der Waals surface area contributed by atoms with E-state index in [0.29, 0.717) is 19.4 Å². The van der Waals surface area contributed by atoms with E-state index in [2.05, 4.69) is 5.10 Å². The topological polar surface area (TPSA) is 78.7 Å². The van der Waals surface area contributed by atoms with E-state index in [0.717, 1.165) is 0 Å². The van der Waals surface area contributed by atoms with Crippen molar-refractivity contribution in [3.8, 4) is 6.07 Å². The van der Waals surface area contributed by atoms with Gasteiger partial charge in [-0.15, -0.1) is 0 Å². The van der Waals surface area contributed by atoms with Gasteiger partial charge in [-0.2, -0.15) is 5.26 Å². The van der Waals surface area contributed by atoms with Crippen molar-refractivity contribution >= 4 is 0 Å². The van der Waals surface area contributed by atoms with Gasteiger partial charge in [0.2, 0.25) is 0 Å². The number of nitrogens with zero attached hydrogens (tertiary/aromatic N) is 2. The molecule has 0 unspecified atom stereocenters. The number of unbranched alkanes of at least 4 members (excludes halogenated alkanes) is 1. The van der Waals surface area contributed by atoms with Crippen LogP contribution in [0.2, 0.25) is 0 Å². The van der Waals surface area contributed by atoms with E-state index in [1.54, 1.807) is 0 Å². The number of rotatable bonds is 3. The molecule has 0 fully saturated rings. The lowest BCUT2D eigenvalue weighted by atomic mass is 10.3. The van der Waals surface area contributed by atoms with Crippen LogP contribution in [0.15, 0.2) is 21.7 Å². The normalized spacial score (nSPS) is 9.46. The highest BCUT2D eigenvalue weighted by molar-refractivity contribution is 4.85. The van der Waals surface area contributed by atoms with Crippen LogP contribution in [0.25, 0.3) is 0 Å². The molecule has 0 radical (unpaired) electrons. The Bertz CT molecular complexity index is 424. The standard InChI is InChI=1S/C8H9N3O2/c9-5-1-2-6-11-8(13)4-3-7(12)10-11/h3-4H,1-2,6H2,(H,10,12). The summed E-state index contributed by atoms with van der Waals surface area (Å²) in [6.07, 6.45) is 0.944. The Morgan fingerprint density at radius 1 is 1.46 bits per heavy atom. The van der Waals surface area contributed by atoms with Gasteiger partial charge < -0.3 is 0 Å². The summed E-state index contributed by atoms with van der Waals surface area (Å²) in [7, 11) is 0. The molecule has 0 aliphatic carbocycles. The van der Waals surface area contributed by atoms with Crippen LogP contribution in [0.3, 0.4) is 0 Å². The molecule has 1 aromatic heterocycles. The fourth-order valence-electron chi connectivity index (χ4n) is 0.945. The Morgan fingerprint density at radius 3 is 2.92 bits per heavy atom. The third-order valence-electron chi connectivity index (χ3n) is 1.56. The zero-order valence-corrected chi connectivity index (χ0v) is 6.99. The smallest absolute Gasteiger partial charge is 0.265 e. The monoisotopic (exact) mass is 179 g/mol. The Labute approximate surface area is 74.2 Å². The van der Waals surface area contributed by atoms with Crippen LogP contribution in [-0.2, 0) is 6.54 Å². The van der Waals surface area contributed by atoms with Gasteiger partial charge >= 0.3 is 0 Å². The number of nitriles is 1. The third kappa shape index (κ3) is 2.60. The van der Waals surface area contributed by atoms with Crippen LogP contribution in [0.1, 0.15) is 12.8 Å². The Balaban J connectivity index is 2.77. The van der Waals surface area contributed by atoms with Gasteiger partial charge in [0.15, 0.2) is 0 Å². The van der Waals surface area contributed by atoms with Crippen molar-refractivity contribution in [2.75, 3.05) is 0 Å². The van der Waals surface area contributed by atoms with Gasteiger partial charge in [0.1, 0.15) is 0 Å². The Hall–Kier alpha value is -1.83. The maximum absolute atomic E-state index is 11.1. The van der Waals surface area contributed by atoms with Crippen molar-refractivity contribution in [3.05, 3.63) is 32.8 Å². The van der Waals surface area contributed by atoms with Gasteiger partial charge in [-0.3, -0.25) is 19.4 Å². The summed E-state index contributed by atoms with van der Waals surface area (Å²) in [6, 6.07) is 4.36. The van der Waals surface area contributed by atoms with Crippen molar-refractivity contribution in [2.45, 2.75) is 19.4 Å². The molecular weight excluding hydrogens is 170 g/mol. The summed E-state index contributed by atoms with van der Waals surface area (Å²) < 4.78 is 1.21. The van der Waals surface area contributed by atoms with Gasteiger partial charge in [0.25, 0.3) is 11.1 Å². The lowest BCUT2D eigenvalue weighted by Crippen LogP contribution is -2.27. The first-order chi connectivity index (χ1) is 6.24. The van der Waals surface area contributed by atoms with E-state index in [1.165, 1.54) is 16.8 Å². The maximum atomic E-state index is 11.1. The SMILES string of the molecule is N#CCCCn1[nH]c(=O)ccc1=O. The quantitative estimate of drug-likeness (QED) is 0.655. The lowest BCUT2D eigenvalue weighted by molar-refractivity contribution is 0.547. The molecule has 1 heterocycles. The van der Waals surface area contributed by atoms with Gasteiger partial charge in [0, 0.05) is 25.1 Å². The van der Waals surface area contributed by atoms with Crippen LogP contribution >= 0.6 is 0 Å². The average Bonchev–Trinajstić information content (AvgIpc) is 2.11. The predicted octanol–water partition coefficient (Wildman–Crippen LogP) is -0.160. The summed E-state index contributed by atoms with van der Waals surface area (Å²) in [5.41, 5.74) is -0.561. The minimum absolute atomic E-state index is 0.252. The van der Waals surface area contributed by atoms with E-state index in [9.17, 15) is 9.59 Å². The van der Waals surface area contributed by atoms with Gasteiger partial charge in [-0.05, 0) is 6.42 Å². The number of hydrogen-bond donors (Lipinski definition) is 1. The molecule has 5 heteroatoms. The molecule has 5 nitrogen and oxygen atoms in total. The van der Waals surface area contributed by atoms with Gasteiger partial charge in [-0.25, -0.2) is 0 Å². The van der Waals surface area contributed by atoms with Crippen molar-refractivity contribution in [3.63, 3.8) is 0 Å². The number of H-pyrrole nitrogens is 1. The first kappa shape index (κ1) is 9.26.